The molecule has 2 aromatic carbocycles. The van der Waals surface area contributed by atoms with Crippen molar-refractivity contribution < 1.29 is 9.53 Å². The van der Waals surface area contributed by atoms with Crippen LogP contribution in [0, 0.1) is 0 Å². The fraction of sp³-hybridized carbons (Fsp3) is 0.278. The number of ether oxygens (including phenoxy) is 1. The van der Waals surface area contributed by atoms with Crippen LogP contribution in [0.15, 0.2) is 42.5 Å². The second-order valence-corrected chi connectivity index (χ2v) is 5.97. The van der Waals surface area contributed by atoms with Crippen molar-refractivity contribution in [1.29, 1.82) is 0 Å². The van der Waals surface area contributed by atoms with Crippen molar-refractivity contribution >= 4 is 17.5 Å². The van der Waals surface area contributed by atoms with E-state index in [1.165, 1.54) is 12.7 Å². The van der Waals surface area contributed by atoms with Crippen molar-refractivity contribution in [1.82, 2.24) is 10.2 Å². The Bertz CT molecular complexity index is 686. The highest BCUT2D eigenvalue weighted by Gasteiger charge is 2.13. The minimum atomic E-state index is -0.205. The van der Waals surface area contributed by atoms with Crippen molar-refractivity contribution in [3.63, 3.8) is 0 Å². The van der Waals surface area contributed by atoms with Gasteiger partial charge in [-0.15, -0.1) is 0 Å². The molecule has 4 nitrogen and oxygen atoms in total. The fourth-order valence-electron chi connectivity index (χ4n) is 2.35. The van der Waals surface area contributed by atoms with Crippen molar-refractivity contribution in [2.24, 2.45) is 0 Å². The van der Waals surface area contributed by atoms with Crippen LogP contribution in [-0.4, -0.2) is 32.0 Å². The quantitative estimate of drug-likeness (QED) is 0.882. The fourth-order valence-corrected chi connectivity index (χ4v) is 2.53. The molecular weight excluding hydrogens is 312 g/mol. The second kappa shape index (κ2) is 7.99. The lowest BCUT2D eigenvalue weighted by atomic mass is 10.1. The topological polar surface area (TPSA) is 41.6 Å². The monoisotopic (exact) mass is 332 g/mol. The molecule has 2 rings (SSSR count). The number of halogens is 1. The lowest BCUT2D eigenvalue weighted by Crippen LogP contribution is -2.24. The molecule has 23 heavy (non-hydrogen) atoms. The Balaban J connectivity index is 2.12. The van der Waals surface area contributed by atoms with Gasteiger partial charge in [-0.3, -0.25) is 4.79 Å². The summed E-state index contributed by atoms with van der Waals surface area (Å²) in [6.07, 6.45) is 0. The summed E-state index contributed by atoms with van der Waals surface area (Å²) < 4.78 is 5.22. The number of hydrogen-bond acceptors (Lipinski definition) is 3. The van der Waals surface area contributed by atoms with Crippen molar-refractivity contribution in [2.75, 3.05) is 21.2 Å². The Morgan fingerprint density at radius 1 is 1.17 bits per heavy atom. The van der Waals surface area contributed by atoms with Crippen LogP contribution in [0.1, 0.15) is 21.5 Å². The van der Waals surface area contributed by atoms with Crippen LogP contribution in [0.2, 0.25) is 5.02 Å². The summed E-state index contributed by atoms with van der Waals surface area (Å²) >= 11 is 5.98. The Labute approximate surface area is 142 Å². The van der Waals surface area contributed by atoms with Crippen LogP contribution < -0.4 is 10.1 Å². The molecule has 0 heterocycles. The lowest BCUT2D eigenvalue weighted by molar-refractivity contribution is 0.0947. The third-order valence-electron chi connectivity index (χ3n) is 3.45. The highest BCUT2D eigenvalue weighted by Crippen LogP contribution is 2.22. The molecule has 0 saturated heterocycles. The average Bonchev–Trinajstić information content (AvgIpc) is 2.53. The zero-order chi connectivity index (χ0) is 16.8. The van der Waals surface area contributed by atoms with Gasteiger partial charge >= 0.3 is 0 Å². The van der Waals surface area contributed by atoms with E-state index < -0.39 is 0 Å². The Morgan fingerprint density at radius 3 is 2.52 bits per heavy atom. The maximum Gasteiger partial charge on any atom is 0.255 e. The molecule has 2 aromatic rings. The van der Waals surface area contributed by atoms with E-state index >= 15 is 0 Å². The molecule has 0 atom stereocenters. The highest BCUT2D eigenvalue weighted by molar-refractivity contribution is 6.31. The third kappa shape index (κ3) is 4.71. The van der Waals surface area contributed by atoms with E-state index in [9.17, 15) is 4.79 Å². The van der Waals surface area contributed by atoms with Gasteiger partial charge in [-0.2, -0.15) is 0 Å². The van der Waals surface area contributed by atoms with Gasteiger partial charge in [0.2, 0.25) is 0 Å². The molecule has 122 valence electrons. The molecule has 0 aliphatic carbocycles. The Morgan fingerprint density at radius 2 is 1.87 bits per heavy atom. The molecule has 1 amide bonds. The van der Waals surface area contributed by atoms with Gasteiger partial charge < -0.3 is 15.0 Å². The Kier molecular flexibility index (Phi) is 6.02. The van der Waals surface area contributed by atoms with Crippen LogP contribution in [0.4, 0.5) is 0 Å². The van der Waals surface area contributed by atoms with Gasteiger partial charge in [0, 0.05) is 18.1 Å². The summed E-state index contributed by atoms with van der Waals surface area (Å²) in [5, 5.41) is 3.44. The van der Waals surface area contributed by atoms with Gasteiger partial charge in [-0.05, 0) is 43.4 Å². The molecule has 0 aliphatic heterocycles. The molecule has 0 saturated carbocycles. The number of amides is 1. The predicted octanol–water partition coefficient (Wildman–Crippen LogP) is 3.34. The molecule has 0 aromatic heterocycles. The van der Waals surface area contributed by atoms with Crippen LogP contribution in [0.3, 0.4) is 0 Å². The minimum Gasteiger partial charge on any atom is -0.496 e. The van der Waals surface area contributed by atoms with Crippen LogP contribution >= 0.6 is 11.6 Å². The number of nitrogens with one attached hydrogen (secondary N) is 1. The number of carbonyl (C=O) groups is 1. The molecule has 5 heteroatoms. The number of hydrogen-bond donors (Lipinski definition) is 1. The van der Waals surface area contributed by atoms with Gasteiger partial charge in [-0.25, -0.2) is 0 Å². The van der Waals surface area contributed by atoms with E-state index in [0.717, 1.165) is 12.1 Å². The maximum absolute atomic E-state index is 12.4. The summed E-state index contributed by atoms with van der Waals surface area (Å²) in [7, 11) is 5.57. The van der Waals surface area contributed by atoms with Gasteiger partial charge in [-0.1, -0.05) is 35.9 Å². The maximum atomic E-state index is 12.4. The summed E-state index contributed by atoms with van der Waals surface area (Å²) in [5.74, 6) is 0.303. The number of rotatable bonds is 6. The summed E-state index contributed by atoms with van der Waals surface area (Å²) in [6.45, 7) is 1.28. The molecule has 0 aliphatic rings. The van der Waals surface area contributed by atoms with Gasteiger partial charge in [0.05, 0.1) is 12.7 Å². The number of nitrogens with zero attached hydrogens (tertiary/aromatic N) is 1. The summed E-state index contributed by atoms with van der Waals surface area (Å²) in [6, 6.07) is 13.1. The molecular formula is C18H21ClN2O2. The van der Waals surface area contributed by atoms with Crippen LogP contribution in [0.5, 0.6) is 5.75 Å². The lowest BCUT2D eigenvalue weighted by Gasteiger charge is -2.15. The average molecular weight is 333 g/mol. The van der Waals surface area contributed by atoms with E-state index in [1.54, 1.807) is 18.2 Å². The van der Waals surface area contributed by atoms with E-state index in [2.05, 4.69) is 16.3 Å². The van der Waals surface area contributed by atoms with Gasteiger partial charge in [0.25, 0.3) is 5.91 Å². The first-order chi connectivity index (χ1) is 11.0. The normalized spacial score (nSPS) is 10.7. The zero-order valence-corrected chi connectivity index (χ0v) is 14.4. The first-order valence-corrected chi connectivity index (χ1v) is 7.72. The number of benzene rings is 2. The molecule has 0 bridgehead atoms. The van der Waals surface area contributed by atoms with Gasteiger partial charge in [0.1, 0.15) is 5.75 Å². The molecule has 1 N–H and O–H groups in total. The van der Waals surface area contributed by atoms with E-state index in [0.29, 0.717) is 22.9 Å². The third-order valence-corrected chi connectivity index (χ3v) is 3.69. The molecule has 0 fully saturated rings. The van der Waals surface area contributed by atoms with Crippen molar-refractivity contribution in [3.8, 4) is 5.75 Å². The zero-order valence-electron chi connectivity index (χ0n) is 13.6. The first-order valence-electron chi connectivity index (χ1n) is 7.34. The van der Waals surface area contributed by atoms with E-state index in [-0.39, 0.29) is 5.91 Å². The van der Waals surface area contributed by atoms with E-state index in [1.807, 2.05) is 32.3 Å². The smallest absolute Gasteiger partial charge is 0.255 e. The highest BCUT2D eigenvalue weighted by atomic mass is 35.5. The second-order valence-electron chi connectivity index (χ2n) is 5.53. The summed E-state index contributed by atoms with van der Waals surface area (Å²) in [4.78, 5) is 14.5. The minimum absolute atomic E-state index is 0.205. The SMILES string of the molecule is COc1ccc(Cl)cc1C(=O)NCc1ccccc1CN(C)C. The molecule has 0 spiro atoms. The molecule has 0 unspecified atom stereocenters. The van der Waals surface area contributed by atoms with Crippen LogP contribution in [-0.2, 0) is 13.1 Å². The van der Waals surface area contributed by atoms with Gasteiger partial charge in [0.15, 0.2) is 0 Å². The Hall–Kier alpha value is -2.04. The van der Waals surface area contributed by atoms with E-state index in [4.69, 9.17) is 16.3 Å². The van der Waals surface area contributed by atoms with Crippen molar-refractivity contribution in [3.05, 3.63) is 64.2 Å². The standard InChI is InChI=1S/C18H21ClN2O2/c1-21(2)12-14-7-5-4-6-13(14)11-20-18(22)16-10-15(19)8-9-17(16)23-3/h4-10H,11-12H2,1-3H3,(H,20,22). The van der Waals surface area contributed by atoms with Crippen LogP contribution in [0.25, 0.3) is 0 Å². The predicted molar refractivity (Wildman–Crippen MR) is 93.0 cm³/mol. The van der Waals surface area contributed by atoms with Crippen molar-refractivity contribution in [2.45, 2.75) is 13.1 Å². The number of carbonyl (C=O) groups excluding carboxylic acids is 1. The first kappa shape index (κ1) is 17.3. The largest absolute Gasteiger partial charge is 0.496 e. The summed E-state index contributed by atoms with van der Waals surface area (Å²) in [5.41, 5.74) is 2.72. The number of methoxy groups -OCH3 is 1. The molecule has 0 radical (unpaired) electrons.